The van der Waals surface area contributed by atoms with E-state index in [0.29, 0.717) is 11.1 Å². The molecule has 2 heterocycles. The minimum absolute atomic E-state index is 0. The third kappa shape index (κ3) is 18.3. The molecule has 2 aliphatic heterocycles. The van der Waals surface area contributed by atoms with Gasteiger partial charge >= 0.3 is 17.4 Å². The average Bonchev–Trinajstić information content (AvgIpc) is 4.25. The fraction of sp³-hybridized carbons (Fsp3) is 0.200. The maximum atomic E-state index is 15.4. The van der Waals surface area contributed by atoms with E-state index in [0.717, 1.165) is 67.9 Å². The van der Waals surface area contributed by atoms with Crippen LogP contribution in [0, 0.1) is 0 Å². The third-order valence-electron chi connectivity index (χ3n) is 12.0. The molecule has 2 aliphatic rings. The number of hydrogen-bond acceptors (Lipinski definition) is 4. The number of para-hydroxylation sites is 2. The summed E-state index contributed by atoms with van der Waals surface area (Å²) in [5, 5.41) is 39.6. The zero-order valence-electron chi connectivity index (χ0n) is 41.3. The van der Waals surface area contributed by atoms with Gasteiger partial charge in [0.15, 0.2) is 16.1 Å². The number of benzene rings is 8. The van der Waals surface area contributed by atoms with Gasteiger partial charge in [0.25, 0.3) is 0 Å². The maximum Gasteiger partial charge on any atom is 2.00 e. The van der Waals surface area contributed by atoms with E-state index in [9.17, 15) is 0 Å². The number of hydrogen-bond donors (Lipinski definition) is 0. The van der Waals surface area contributed by atoms with Gasteiger partial charge in [-0.3, -0.25) is 0 Å². The van der Waals surface area contributed by atoms with E-state index in [1.165, 1.54) is 25.7 Å². The van der Waals surface area contributed by atoms with Gasteiger partial charge in [-0.25, -0.2) is 0 Å². The van der Waals surface area contributed by atoms with Crippen LogP contribution in [0.3, 0.4) is 0 Å². The van der Waals surface area contributed by atoms with Crippen molar-refractivity contribution in [2.45, 2.75) is 25.7 Å². The maximum absolute atomic E-state index is 15.4. The van der Waals surface area contributed by atoms with Crippen LogP contribution >= 0.6 is 92.8 Å². The fourth-order valence-electron chi connectivity index (χ4n) is 9.17. The van der Waals surface area contributed by atoms with Crippen LogP contribution in [-0.4, -0.2) is 63.9 Å². The molecule has 0 amide bonds. The SMILES string of the molecule is C1CCOC1.C1CCOC1.ClCCl.ClCCl.ClCCl.ClCCl.[Cr+2].[O-]c1c(-c2cccc([Si](c3ccccc3)(c3ccccc3)c3ccccc3)c2[O-])cccc1[Si](c1ccccc1)(c1ccccc1)c1ccccc1. The predicted molar refractivity (Wildman–Crippen MR) is 324 cm³/mol. The third-order valence-corrected chi connectivity index (χ3v) is 21.6. The van der Waals surface area contributed by atoms with Gasteiger partial charge in [-0.05, 0) is 67.9 Å². The van der Waals surface area contributed by atoms with Crippen molar-refractivity contribution in [2.24, 2.45) is 0 Å². The van der Waals surface area contributed by atoms with Gasteiger partial charge in [-0.1, -0.05) is 229 Å². The Bertz CT molecular complexity index is 2300. The van der Waals surface area contributed by atoms with E-state index in [4.69, 9.17) is 102 Å². The molecule has 4 nitrogen and oxygen atoms in total. The second kappa shape index (κ2) is 38.2. The quantitative estimate of drug-likeness (QED) is 0.0821. The van der Waals surface area contributed by atoms with Crippen LogP contribution in [0.25, 0.3) is 11.1 Å². The Hall–Kier alpha value is -3.43. The first-order chi connectivity index (χ1) is 36.3. The smallest absolute Gasteiger partial charge is 0.872 e. The first kappa shape index (κ1) is 65.8. The van der Waals surface area contributed by atoms with Crippen molar-refractivity contribution >= 4 is 150 Å². The monoisotopic (exact) mass is 1230 g/mol. The fourth-order valence-corrected chi connectivity index (χ4v) is 18.8. The van der Waals surface area contributed by atoms with Crippen LogP contribution in [-0.2, 0) is 26.8 Å². The molecule has 15 heteroatoms. The normalized spacial score (nSPS) is 12.2. The second-order valence-electron chi connectivity index (χ2n) is 16.1. The van der Waals surface area contributed by atoms with Crippen molar-refractivity contribution in [3.63, 3.8) is 0 Å². The Labute approximate surface area is 497 Å². The number of ether oxygens (including phenoxy) is 2. The predicted octanol–water partition coefficient (Wildman–Crippen LogP) is 11.5. The molecule has 75 heavy (non-hydrogen) atoms. The summed E-state index contributed by atoms with van der Waals surface area (Å²) in [6.07, 6.45) is 5.11. The minimum atomic E-state index is -3.14. The zero-order chi connectivity index (χ0) is 53.3. The molecule has 0 unspecified atom stereocenters. The van der Waals surface area contributed by atoms with Crippen molar-refractivity contribution < 1.29 is 37.0 Å². The van der Waals surface area contributed by atoms with Crippen LogP contribution in [0.4, 0.5) is 0 Å². The Morgan fingerprint density at radius 3 is 0.640 bits per heavy atom. The van der Waals surface area contributed by atoms with Gasteiger partial charge in [-0.15, -0.1) is 104 Å². The van der Waals surface area contributed by atoms with Crippen LogP contribution in [0.5, 0.6) is 11.5 Å². The van der Waals surface area contributed by atoms with E-state index in [1.54, 1.807) is 0 Å². The van der Waals surface area contributed by atoms with Gasteiger partial charge in [-0.2, -0.15) is 0 Å². The summed E-state index contributed by atoms with van der Waals surface area (Å²) < 4.78 is 9.89. The van der Waals surface area contributed by atoms with Crippen LogP contribution < -0.4 is 51.7 Å². The summed E-state index contributed by atoms with van der Waals surface area (Å²) >= 11 is 38.1. The van der Waals surface area contributed by atoms with E-state index >= 15 is 10.2 Å². The molecule has 0 radical (unpaired) electrons. The van der Waals surface area contributed by atoms with Gasteiger partial charge in [0.05, 0.1) is 21.4 Å². The van der Waals surface area contributed by atoms with Crippen molar-refractivity contribution in [1.29, 1.82) is 0 Å². The zero-order valence-corrected chi connectivity index (χ0v) is 50.7. The molecular weight excluding hydrogens is 1180 g/mol. The van der Waals surface area contributed by atoms with Gasteiger partial charge < -0.3 is 19.7 Å². The van der Waals surface area contributed by atoms with E-state index in [2.05, 4.69) is 146 Å². The molecule has 0 aliphatic carbocycles. The topological polar surface area (TPSA) is 64.6 Å². The molecule has 0 spiro atoms. The largest absolute Gasteiger partial charge is 2.00 e. The molecule has 0 saturated carbocycles. The number of rotatable bonds is 9. The molecular formula is C60H60Cl8CrO4Si2. The Morgan fingerprint density at radius 1 is 0.293 bits per heavy atom. The minimum Gasteiger partial charge on any atom is -0.872 e. The number of halogens is 8. The molecule has 0 aromatic heterocycles. The van der Waals surface area contributed by atoms with Crippen LogP contribution in [0.15, 0.2) is 218 Å². The molecule has 10 rings (SSSR count). The van der Waals surface area contributed by atoms with Crippen molar-refractivity contribution in [2.75, 3.05) is 47.8 Å². The molecule has 8 aromatic rings. The average molecular weight is 1240 g/mol. The molecule has 0 N–H and O–H groups in total. The Kier molecular flexibility index (Phi) is 33.5. The molecule has 2 fully saturated rings. The van der Waals surface area contributed by atoms with Gasteiger partial charge in [0.2, 0.25) is 0 Å². The molecule has 0 bridgehead atoms. The van der Waals surface area contributed by atoms with E-state index < -0.39 is 16.1 Å². The molecule has 0 atom stereocenters. The first-order valence-electron chi connectivity index (χ1n) is 23.9. The standard InChI is InChI=1S/C48H38O2Si2.2C4H8O.4CH2Cl2.Cr/c49-47-43(33-19-35-45(47)51(37-21-7-1-8-22-37,38-23-9-2-10-24-38)39-25-11-3-12-26-39)44-34-20-36-46(48(44)50)52(40-27-13-4-14-28-40,41-29-15-5-16-30-41)42-31-17-6-18-32-42;2*1-2-4-5-3-1;4*2-1-3;/h1-36,49-50H;2*1-4H2;4*1H2;/q;;;;;;;+2/p-2. The molecule has 2 saturated heterocycles. The Balaban J connectivity index is 0.000000543. The van der Waals surface area contributed by atoms with Gasteiger partial charge in [0.1, 0.15) is 0 Å². The summed E-state index contributed by atoms with van der Waals surface area (Å²) in [6.45, 7) is 4.00. The molecule has 394 valence electrons. The van der Waals surface area contributed by atoms with Crippen molar-refractivity contribution in [3.05, 3.63) is 218 Å². The number of alkyl halides is 8. The van der Waals surface area contributed by atoms with Crippen LogP contribution in [0.2, 0.25) is 0 Å². The van der Waals surface area contributed by atoms with Crippen LogP contribution in [0.1, 0.15) is 25.7 Å². The van der Waals surface area contributed by atoms with Crippen molar-refractivity contribution in [1.82, 2.24) is 0 Å². The molecule has 8 aromatic carbocycles. The van der Waals surface area contributed by atoms with E-state index in [1.807, 2.05) is 72.8 Å². The Morgan fingerprint density at radius 2 is 0.480 bits per heavy atom. The van der Waals surface area contributed by atoms with E-state index in [-0.39, 0.29) is 50.2 Å². The first-order valence-corrected chi connectivity index (χ1v) is 32.2. The summed E-state index contributed by atoms with van der Waals surface area (Å²) in [5.41, 5.74) is 0.863. The summed E-state index contributed by atoms with van der Waals surface area (Å²) in [4.78, 5) is 0. The van der Waals surface area contributed by atoms with Gasteiger partial charge in [0, 0.05) is 26.4 Å². The van der Waals surface area contributed by atoms with Crippen molar-refractivity contribution in [3.8, 4) is 22.6 Å². The summed E-state index contributed by atoms with van der Waals surface area (Å²) in [6, 6.07) is 74.1. The second-order valence-corrected chi connectivity index (χ2v) is 26.9. The summed E-state index contributed by atoms with van der Waals surface area (Å²) in [7, 11) is -6.28. The summed E-state index contributed by atoms with van der Waals surface area (Å²) in [5.74, 6) is -0.210.